The van der Waals surface area contributed by atoms with Gasteiger partial charge in [-0.3, -0.25) is 4.79 Å². The minimum Gasteiger partial charge on any atom is -0.391 e. The van der Waals surface area contributed by atoms with Gasteiger partial charge in [0.15, 0.2) is 0 Å². The van der Waals surface area contributed by atoms with Crippen molar-refractivity contribution >= 4 is 18.3 Å². The van der Waals surface area contributed by atoms with E-state index in [2.05, 4.69) is 5.32 Å². The molecule has 0 aliphatic carbocycles. The summed E-state index contributed by atoms with van der Waals surface area (Å²) in [6.07, 6.45) is 0.111. The smallest absolute Gasteiger partial charge is 0.222 e. The van der Waals surface area contributed by atoms with Gasteiger partial charge in [-0.1, -0.05) is 20.8 Å². The van der Waals surface area contributed by atoms with Crippen molar-refractivity contribution in [3.05, 3.63) is 0 Å². The molecule has 0 bridgehead atoms. The molecule has 110 valence electrons. The molecule has 0 aliphatic heterocycles. The fourth-order valence-electron chi connectivity index (χ4n) is 1.55. The van der Waals surface area contributed by atoms with Gasteiger partial charge in [-0.25, -0.2) is 0 Å². The van der Waals surface area contributed by atoms with Crippen LogP contribution < -0.4 is 11.1 Å². The van der Waals surface area contributed by atoms with Crippen LogP contribution in [0.1, 0.15) is 33.6 Å². The lowest BCUT2D eigenvalue weighted by molar-refractivity contribution is -0.123. The van der Waals surface area contributed by atoms with E-state index in [4.69, 9.17) is 10.5 Å². The van der Waals surface area contributed by atoms with Gasteiger partial charge in [-0.05, 0) is 11.8 Å². The summed E-state index contributed by atoms with van der Waals surface area (Å²) in [6, 6.07) is 0. The molecular weight excluding hydrogens is 256 g/mol. The molecule has 6 heteroatoms. The summed E-state index contributed by atoms with van der Waals surface area (Å²) in [5.41, 5.74) is 5.47. The van der Waals surface area contributed by atoms with Gasteiger partial charge in [-0.2, -0.15) is 0 Å². The van der Waals surface area contributed by atoms with E-state index in [1.807, 2.05) is 20.8 Å². The van der Waals surface area contributed by atoms with Gasteiger partial charge in [0, 0.05) is 20.2 Å². The fourth-order valence-corrected chi connectivity index (χ4v) is 1.55. The van der Waals surface area contributed by atoms with Crippen LogP contribution in [0.2, 0.25) is 0 Å². The van der Waals surface area contributed by atoms with Crippen LogP contribution in [0.25, 0.3) is 0 Å². The molecule has 0 aromatic rings. The second-order valence-corrected chi connectivity index (χ2v) is 5.52. The summed E-state index contributed by atoms with van der Waals surface area (Å²) < 4.78 is 5.01. The number of nitrogens with one attached hydrogen (secondary N) is 1. The van der Waals surface area contributed by atoms with Crippen molar-refractivity contribution in [1.82, 2.24) is 5.32 Å². The quantitative estimate of drug-likeness (QED) is 0.641. The maximum absolute atomic E-state index is 11.5. The van der Waals surface area contributed by atoms with Crippen LogP contribution >= 0.6 is 12.4 Å². The Bertz CT molecular complexity index is 228. The molecule has 0 aliphatic rings. The zero-order valence-corrected chi connectivity index (χ0v) is 12.5. The van der Waals surface area contributed by atoms with Crippen molar-refractivity contribution in [1.29, 1.82) is 0 Å². The van der Waals surface area contributed by atoms with Gasteiger partial charge in [0.25, 0.3) is 0 Å². The number of halogens is 1. The zero-order chi connectivity index (χ0) is 13.5. The van der Waals surface area contributed by atoms with E-state index in [0.717, 1.165) is 0 Å². The van der Waals surface area contributed by atoms with Gasteiger partial charge < -0.3 is 20.9 Å². The Labute approximate surface area is 116 Å². The summed E-state index contributed by atoms with van der Waals surface area (Å²) in [5, 5.41) is 12.4. The lowest BCUT2D eigenvalue weighted by Crippen LogP contribution is -2.37. The van der Waals surface area contributed by atoms with Crippen LogP contribution in [0.3, 0.4) is 0 Å². The third-order valence-corrected chi connectivity index (χ3v) is 2.39. The number of hydrogen-bond acceptors (Lipinski definition) is 4. The highest BCUT2D eigenvalue weighted by atomic mass is 35.5. The molecule has 2 unspecified atom stereocenters. The van der Waals surface area contributed by atoms with Crippen LogP contribution in [-0.2, 0) is 9.53 Å². The molecule has 4 N–H and O–H groups in total. The molecule has 0 spiro atoms. The van der Waals surface area contributed by atoms with Crippen molar-refractivity contribution in [2.75, 3.05) is 20.2 Å². The minimum atomic E-state index is -0.516. The molecule has 0 radical (unpaired) electrons. The Hall–Kier alpha value is -0.360. The average molecular weight is 283 g/mol. The van der Waals surface area contributed by atoms with Crippen molar-refractivity contribution < 1.29 is 14.6 Å². The summed E-state index contributed by atoms with van der Waals surface area (Å²) in [4.78, 5) is 11.5. The number of carbonyl (C=O) groups is 1. The Morgan fingerprint density at radius 2 is 2.00 bits per heavy atom. The van der Waals surface area contributed by atoms with E-state index in [1.165, 1.54) is 7.11 Å². The Morgan fingerprint density at radius 1 is 1.44 bits per heavy atom. The monoisotopic (exact) mass is 282 g/mol. The van der Waals surface area contributed by atoms with Gasteiger partial charge in [0.05, 0.1) is 18.6 Å². The molecular formula is C12H27ClN2O3. The highest BCUT2D eigenvalue weighted by Gasteiger charge is 2.18. The second-order valence-electron chi connectivity index (χ2n) is 5.52. The zero-order valence-electron chi connectivity index (χ0n) is 11.7. The summed E-state index contributed by atoms with van der Waals surface area (Å²) in [6.45, 7) is 6.74. The SMILES string of the molecule is COC(CN)CC(=O)NCC(O)CC(C)(C)C.Cl. The Kier molecular flexibility index (Phi) is 10.6. The predicted octanol–water partition coefficient (Wildman–Crippen LogP) is 0.685. The van der Waals surface area contributed by atoms with Crippen molar-refractivity contribution in [3.8, 4) is 0 Å². The first kappa shape index (κ1) is 20.0. The Balaban J connectivity index is 0. The Morgan fingerprint density at radius 3 is 2.39 bits per heavy atom. The van der Waals surface area contributed by atoms with Crippen LogP contribution in [0, 0.1) is 5.41 Å². The molecule has 2 atom stereocenters. The number of aliphatic hydroxyl groups is 1. The topological polar surface area (TPSA) is 84.6 Å². The third kappa shape index (κ3) is 10.8. The number of hydrogen-bond donors (Lipinski definition) is 3. The second kappa shape index (κ2) is 9.55. The first-order valence-electron chi connectivity index (χ1n) is 5.96. The van der Waals surface area contributed by atoms with Crippen molar-refractivity contribution in [2.24, 2.45) is 11.1 Å². The highest BCUT2D eigenvalue weighted by molar-refractivity contribution is 5.85. The largest absolute Gasteiger partial charge is 0.391 e. The number of methoxy groups -OCH3 is 1. The number of ether oxygens (including phenoxy) is 1. The first-order chi connectivity index (χ1) is 7.78. The normalized spacial score (nSPS) is 14.6. The molecule has 5 nitrogen and oxygen atoms in total. The van der Waals surface area contributed by atoms with E-state index in [-0.39, 0.29) is 42.8 Å². The molecule has 0 saturated heterocycles. The molecule has 0 heterocycles. The molecule has 0 aromatic heterocycles. The maximum atomic E-state index is 11.5. The van der Waals surface area contributed by atoms with Crippen LogP contribution in [0.5, 0.6) is 0 Å². The molecule has 0 rings (SSSR count). The van der Waals surface area contributed by atoms with E-state index in [9.17, 15) is 9.90 Å². The van der Waals surface area contributed by atoms with Gasteiger partial charge in [0.1, 0.15) is 0 Å². The first-order valence-corrected chi connectivity index (χ1v) is 5.96. The van der Waals surface area contributed by atoms with Crippen LogP contribution in [0.4, 0.5) is 0 Å². The van der Waals surface area contributed by atoms with Crippen LogP contribution in [-0.4, -0.2) is 43.4 Å². The standard InChI is InChI=1S/C12H26N2O3.ClH/c1-12(2,3)6-9(15)8-14-11(16)5-10(7-13)17-4;/h9-10,15H,5-8,13H2,1-4H3,(H,14,16);1H. The lowest BCUT2D eigenvalue weighted by atomic mass is 9.89. The summed E-state index contributed by atoms with van der Waals surface area (Å²) in [5.74, 6) is -0.143. The van der Waals surface area contributed by atoms with Crippen molar-refractivity contribution in [3.63, 3.8) is 0 Å². The predicted molar refractivity (Wildman–Crippen MR) is 74.8 cm³/mol. The molecule has 1 amide bonds. The van der Waals surface area contributed by atoms with Crippen molar-refractivity contribution in [2.45, 2.75) is 45.8 Å². The summed E-state index contributed by atoms with van der Waals surface area (Å²) in [7, 11) is 1.53. The fraction of sp³-hybridized carbons (Fsp3) is 0.917. The third-order valence-electron chi connectivity index (χ3n) is 2.39. The number of nitrogens with two attached hydrogens (primary N) is 1. The lowest BCUT2D eigenvalue weighted by Gasteiger charge is -2.22. The van der Waals surface area contributed by atoms with Crippen LogP contribution in [0.15, 0.2) is 0 Å². The van der Waals surface area contributed by atoms with Gasteiger partial charge >= 0.3 is 0 Å². The van der Waals surface area contributed by atoms with E-state index >= 15 is 0 Å². The number of rotatable bonds is 7. The van der Waals surface area contributed by atoms with Gasteiger partial charge in [0.2, 0.25) is 5.91 Å². The number of aliphatic hydroxyl groups excluding tert-OH is 1. The average Bonchev–Trinajstić information content (AvgIpc) is 2.20. The number of amides is 1. The molecule has 0 fully saturated rings. The summed E-state index contributed by atoms with van der Waals surface area (Å²) >= 11 is 0. The molecule has 18 heavy (non-hydrogen) atoms. The molecule has 0 saturated carbocycles. The molecule has 0 aromatic carbocycles. The van der Waals surface area contributed by atoms with E-state index in [1.54, 1.807) is 0 Å². The highest BCUT2D eigenvalue weighted by Crippen LogP contribution is 2.20. The maximum Gasteiger partial charge on any atom is 0.222 e. The van der Waals surface area contributed by atoms with Gasteiger partial charge in [-0.15, -0.1) is 12.4 Å². The van der Waals surface area contributed by atoms with E-state index < -0.39 is 6.10 Å². The minimum absolute atomic E-state index is 0. The number of carbonyl (C=O) groups excluding carboxylic acids is 1. The van der Waals surface area contributed by atoms with E-state index in [0.29, 0.717) is 13.0 Å².